The van der Waals surface area contributed by atoms with Crippen LogP contribution in [0.2, 0.25) is 0 Å². The average Bonchev–Trinajstić information content (AvgIpc) is 3.63. The Morgan fingerprint density at radius 3 is 2.52 bits per heavy atom. The Kier molecular flexibility index (Phi) is 8.46. The van der Waals surface area contributed by atoms with Crippen LogP contribution in [0.25, 0.3) is 0 Å². The number of hydrogen-bond donors (Lipinski definition) is 2. The Balaban J connectivity index is 1.31. The fourth-order valence-electron chi connectivity index (χ4n) is 11.6. The fraction of sp³-hybridized carbons (Fsp3) is 0.784. The standard InChI is InChI=1S/C37H53NO8/c1-6-38-20-35(46-34(40)25-10-8-7-9-23(25)15-30(39)24-12-14-45-19-24)13-11-31(43-4)32-28(35)17-27(22(38)3)36(41)18-21(2)26-16-29(32)37(36,42)33(26)44-5/h7-10,21-22,24,26-29,31-33,41-42H,6,11-20H2,1-5H3/t21?,22-,24?,26+,27-,28?,29?,31-,32?,33-,35+,36-,37-/m0/s1. The maximum absolute atomic E-state index is 14.4. The van der Waals surface area contributed by atoms with Gasteiger partial charge in [0.25, 0.3) is 0 Å². The third-order valence-corrected chi connectivity index (χ3v) is 13.9. The highest BCUT2D eigenvalue weighted by atomic mass is 16.6. The summed E-state index contributed by atoms with van der Waals surface area (Å²) in [7, 11) is 3.42. The van der Waals surface area contributed by atoms with Crippen molar-refractivity contribution in [2.24, 2.45) is 41.4 Å². The summed E-state index contributed by atoms with van der Waals surface area (Å²) in [4.78, 5) is 29.9. The van der Waals surface area contributed by atoms with Gasteiger partial charge in [-0.2, -0.15) is 0 Å². The molecule has 9 heteroatoms. The van der Waals surface area contributed by atoms with Crippen molar-refractivity contribution >= 4 is 11.8 Å². The van der Waals surface area contributed by atoms with E-state index in [1.165, 1.54) is 0 Å². The minimum atomic E-state index is -1.44. The molecule has 6 fully saturated rings. The number of hydrogen-bond acceptors (Lipinski definition) is 9. The van der Waals surface area contributed by atoms with E-state index in [0.29, 0.717) is 63.0 Å². The molecule has 46 heavy (non-hydrogen) atoms. The SMILES string of the molecule is CCN1C[C@]2(OC(=O)c3ccccc3CC(=O)C3CCOC3)CC[C@H](OC)C3C2C[C@@H]([C@@H]1C)[C@@]1(O)CC(C)[C@H]2CC3[C@]1(O)[C@H]2OC. The summed E-state index contributed by atoms with van der Waals surface area (Å²) in [5, 5.41) is 26.0. The number of rotatable bonds is 8. The number of benzene rings is 1. The van der Waals surface area contributed by atoms with Crippen LogP contribution in [-0.4, -0.2) is 102 Å². The summed E-state index contributed by atoms with van der Waals surface area (Å²) in [6.07, 6.45) is 3.49. The maximum Gasteiger partial charge on any atom is 0.339 e. The minimum Gasteiger partial charge on any atom is -0.454 e. The number of esters is 1. The van der Waals surface area contributed by atoms with Crippen LogP contribution in [0.1, 0.15) is 75.2 Å². The number of carbonyl (C=O) groups is 2. The summed E-state index contributed by atoms with van der Waals surface area (Å²) >= 11 is 0. The van der Waals surface area contributed by atoms with Crippen molar-refractivity contribution in [3.63, 3.8) is 0 Å². The number of Topliss-reactive ketones (excluding diaryl/α,β-unsaturated/α-hetero) is 1. The lowest BCUT2D eigenvalue weighted by molar-refractivity contribution is -0.275. The van der Waals surface area contributed by atoms with Crippen molar-refractivity contribution in [1.82, 2.24) is 4.90 Å². The number of nitrogens with zero attached hydrogens (tertiary/aromatic N) is 1. The Bertz CT molecular complexity index is 1330. The molecule has 0 radical (unpaired) electrons. The highest BCUT2D eigenvalue weighted by molar-refractivity contribution is 5.94. The van der Waals surface area contributed by atoms with E-state index in [-0.39, 0.29) is 65.8 Å². The van der Waals surface area contributed by atoms with E-state index >= 15 is 0 Å². The normalized spacial score (nSPS) is 46.4. The number of fused-ring (bicyclic) bond motifs is 4. The predicted molar refractivity (Wildman–Crippen MR) is 170 cm³/mol. The van der Waals surface area contributed by atoms with Gasteiger partial charge < -0.3 is 29.2 Å². The van der Waals surface area contributed by atoms with Crippen molar-refractivity contribution in [2.75, 3.05) is 40.5 Å². The van der Waals surface area contributed by atoms with E-state index in [2.05, 4.69) is 25.7 Å². The number of carbonyl (C=O) groups excluding carboxylic acids is 2. The van der Waals surface area contributed by atoms with Crippen LogP contribution in [0.15, 0.2) is 24.3 Å². The van der Waals surface area contributed by atoms with Crippen LogP contribution in [0.5, 0.6) is 0 Å². The Morgan fingerprint density at radius 1 is 1.04 bits per heavy atom. The minimum absolute atomic E-state index is 0.0546. The van der Waals surface area contributed by atoms with Crippen LogP contribution >= 0.6 is 0 Å². The van der Waals surface area contributed by atoms with Crippen molar-refractivity contribution in [3.05, 3.63) is 35.4 Å². The molecule has 4 saturated carbocycles. The Morgan fingerprint density at radius 2 is 1.83 bits per heavy atom. The van der Waals surface area contributed by atoms with Crippen molar-refractivity contribution < 1.29 is 38.7 Å². The van der Waals surface area contributed by atoms with Gasteiger partial charge in [0.15, 0.2) is 0 Å². The molecular weight excluding hydrogens is 586 g/mol. The maximum atomic E-state index is 14.4. The summed E-state index contributed by atoms with van der Waals surface area (Å²) in [5.41, 5.74) is -2.52. The van der Waals surface area contributed by atoms with Gasteiger partial charge in [0.2, 0.25) is 0 Å². The first kappa shape index (κ1) is 32.7. The van der Waals surface area contributed by atoms with Crippen LogP contribution in [0, 0.1) is 41.4 Å². The van der Waals surface area contributed by atoms with E-state index in [9.17, 15) is 19.8 Å². The molecule has 0 amide bonds. The topological polar surface area (TPSA) is 115 Å². The smallest absolute Gasteiger partial charge is 0.339 e. The van der Waals surface area contributed by atoms with E-state index in [1.807, 2.05) is 18.2 Å². The number of ketones is 1. The highest BCUT2D eigenvalue weighted by Gasteiger charge is 2.77. The third-order valence-electron chi connectivity index (χ3n) is 13.9. The summed E-state index contributed by atoms with van der Waals surface area (Å²) in [5.74, 6) is -0.871. The molecule has 13 atom stereocenters. The largest absolute Gasteiger partial charge is 0.454 e. The molecule has 4 aliphatic carbocycles. The molecule has 1 aromatic carbocycles. The molecule has 6 aliphatic rings. The van der Waals surface area contributed by atoms with E-state index in [0.717, 1.165) is 13.0 Å². The van der Waals surface area contributed by atoms with E-state index in [1.54, 1.807) is 20.3 Å². The van der Waals surface area contributed by atoms with Crippen LogP contribution in [0.3, 0.4) is 0 Å². The van der Waals surface area contributed by atoms with Gasteiger partial charge in [0.1, 0.15) is 22.6 Å². The molecule has 5 unspecified atom stereocenters. The molecule has 254 valence electrons. The zero-order chi connectivity index (χ0) is 32.6. The monoisotopic (exact) mass is 639 g/mol. The lowest BCUT2D eigenvalue weighted by atomic mass is 9.58. The lowest BCUT2D eigenvalue weighted by Crippen LogP contribution is -2.72. The van der Waals surface area contributed by atoms with E-state index in [4.69, 9.17) is 18.9 Å². The van der Waals surface area contributed by atoms with Crippen LogP contribution in [-0.2, 0) is 30.2 Å². The number of aliphatic hydroxyl groups is 2. The summed E-state index contributed by atoms with van der Waals surface area (Å²) in [6.45, 7) is 8.80. The van der Waals surface area contributed by atoms with Gasteiger partial charge in [-0.3, -0.25) is 9.69 Å². The number of likely N-dealkylation sites (N-methyl/N-ethyl adjacent to an activating group) is 1. The van der Waals surface area contributed by atoms with Gasteiger partial charge in [0.05, 0.1) is 24.4 Å². The van der Waals surface area contributed by atoms with Crippen molar-refractivity contribution in [3.8, 4) is 0 Å². The number of ether oxygens (including phenoxy) is 4. The molecular formula is C37H53NO8. The summed E-state index contributed by atoms with van der Waals surface area (Å²) in [6, 6.07) is 7.28. The van der Waals surface area contributed by atoms with Crippen LogP contribution in [0.4, 0.5) is 0 Å². The van der Waals surface area contributed by atoms with Gasteiger partial charge in [-0.05, 0) is 87.3 Å². The first-order chi connectivity index (χ1) is 22.0. The molecule has 2 aliphatic heterocycles. The Labute approximate surface area is 273 Å². The molecule has 7 rings (SSSR count). The number of methoxy groups -OCH3 is 2. The molecule has 1 aromatic rings. The van der Waals surface area contributed by atoms with Gasteiger partial charge in [0, 0.05) is 57.6 Å². The quantitative estimate of drug-likeness (QED) is 0.412. The van der Waals surface area contributed by atoms with Gasteiger partial charge >= 0.3 is 5.97 Å². The predicted octanol–water partition coefficient (Wildman–Crippen LogP) is 3.67. The number of likely N-dealkylation sites (tertiary alicyclic amines) is 1. The lowest BCUT2D eigenvalue weighted by Gasteiger charge is -2.58. The van der Waals surface area contributed by atoms with Gasteiger partial charge in [-0.15, -0.1) is 0 Å². The van der Waals surface area contributed by atoms with Crippen LogP contribution < -0.4 is 0 Å². The summed E-state index contributed by atoms with van der Waals surface area (Å²) < 4.78 is 24.7. The first-order valence-electron chi connectivity index (χ1n) is 17.7. The second kappa shape index (κ2) is 11.9. The molecule has 9 nitrogen and oxygen atoms in total. The molecule has 2 saturated heterocycles. The second-order valence-electron chi connectivity index (χ2n) is 15.6. The molecule has 2 heterocycles. The average molecular weight is 640 g/mol. The van der Waals surface area contributed by atoms with Gasteiger partial charge in [-0.25, -0.2) is 4.79 Å². The third kappa shape index (κ3) is 4.62. The van der Waals surface area contributed by atoms with E-state index < -0.39 is 28.9 Å². The highest BCUT2D eigenvalue weighted by Crippen LogP contribution is 2.68. The molecule has 2 N–H and O–H groups in total. The first-order valence-corrected chi connectivity index (χ1v) is 17.7. The van der Waals surface area contributed by atoms with Crippen molar-refractivity contribution in [2.45, 2.75) is 101 Å². The zero-order valence-corrected chi connectivity index (χ0v) is 28.2. The second-order valence-corrected chi connectivity index (χ2v) is 15.6. The molecule has 0 spiro atoms. The Hall–Kier alpha value is -1.88. The zero-order valence-electron chi connectivity index (χ0n) is 28.2. The molecule has 0 aromatic heterocycles. The van der Waals surface area contributed by atoms with Crippen molar-refractivity contribution in [1.29, 1.82) is 0 Å². The van der Waals surface area contributed by atoms with Gasteiger partial charge in [-0.1, -0.05) is 32.0 Å². The fourth-order valence-corrected chi connectivity index (χ4v) is 11.6. The molecule has 4 bridgehead atoms.